The van der Waals surface area contributed by atoms with Crippen LogP contribution >= 0.6 is 0 Å². The predicted molar refractivity (Wildman–Crippen MR) is 81.0 cm³/mol. The summed E-state index contributed by atoms with van der Waals surface area (Å²) in [5.74, 6) is -0.0396. The number of nitrogens with zero attached hydrogens (tertiary/aromatic N) is 1. The molecule has 0 saturated carbocycles. The summed E-state index contributed by atoms with van der Waals surface area (Å²) in [6, 6.07) is 6.28. The van der Waals surface area contributed by atoms with Gasteiger partial charge < -0.3 is 10.0 Å². The Hall–Kier alpha value is -1.68. The van der Waals surface area contributed by atoms with E-state index < -0.39 is 0 Å². The van der Waals surface area contributed by atoms with E-state index in [1.165, 1.54) is 12.1 Å². The maximum Gasteiger partial charge on any atom is 0.226 e. The summed E-state index contributed by atoms with van der Waals surface area (Å²) in [6.07, 6.45) is 5.38. The van der Waals surface area contributed by atoms with Crippen LogP contribution in [0.4, 0.5) is 4.39 Å². The minimum atomic E-state index is -0.372. The number of hydrogen-bond donors (Lipinski definition) is 1. The van der Waals surface area contributed by atoms with Crippen LogP contribution in [0.3, 0.4) is 0 Å². The summed E-state index contributed by atoms with van der Waals surface area (Å²) in [5.41, 5.74) is 0.753. The monoisotopic (exact) mass is 291 g/mol. The fraction of sp³-hybridized carbons (Fsp3) is 0.471. The van der Waals surface area contributed by atoms with E-state index >= 15 is 0 Å². The molecule has 2 rings (SSSR count). The third kappa shape index (κ3) is 4.67. The Bertz CT molecular complexity index is 513. The number of likely N-dealkylation sites (tertiary alicyclic amines) is 1. The summed E-state index contributed by atoms with van der Waals surface area (Å²) in [7, 11) is 0. The van der Waals surface area contributed by atoms with Gasteiger partial charge in [-0.05, 0) is 37.5 Å². The zero-order valence-corrected chi connectivity index (χ0v) is 12.3. The van der Waals surface area contributed by atoms with E-state index in [-0.39, 0.29) is 23.7 Å². The topological polar surface area (TPSA) is 40.5 Å². The molecule has 2 atom stereocenters. The van der Waals surface area contributed by atoms with Gasteiger partial charge in [-0.1, -0.05) is 24.3 Å². The highest BCUT2D eigenvalue weighted by molar-refractivity contribution is 5.78. The molecule has 0 radical (unpaired) electrons. The van der Waals surface area contributed by atoms with Crippen LogP contribution in [0.5, 0.6) is 0 Å². The van der Waals surface area contributed by atoms with Crippen LogP contribution in [-0.2, 0) is 4.79 Å². The molecule has 1 saturated heterocycles. The molecular weight excluding hydrogens is 269 g/mol. The lowest BCUT2D eigenvalue weighted by molar-refractivity contribution is -0.132. The molecule has 1 aromatic rings. The molecule has 1 amide bonds. The van der Waals surface area contributed by atoms with Gasteiger partial charge in [0.1, 0.15) is 5.82 Å². The molecule has 21 heavy (non-hydrogen) atoms. The summed E-state index contributed by atoms with van der Waals surface area (Å²) in [6.45, 7) is 3.17. The van der Waals surface area contributed by atoms with Crippen LogP contribution in [0.1, 0.15) is 31.7 Å². The van der Waals surface area contributed by atoms with Crippen LogP contribution in [-0.4, -0.2) is 35.1 Å². The molecule has 1 heterocycles. The van der Waals surface area contributed by atoms with Gasteiger partial charge >= 0.3 is 0 Å². The summed E-state index contributed by atoms with van der Waals surface area (Å²) in [4.78, 5) is 14.0. The molecule has 1 N–H and O–H groups in total. The number of halogens is 1. The molecule has 2 unspecified atom stereocenters. The average Bonchev–Trinajstić information content (AvgIpc) is 2.47. The lowest BCUT2D eigenvalue weighted by atomic mass is 9.93. The maximum atomic E-state index is 13.0. The highest BCUT2D eigenvalue weighted by Gasteiger charge is 2.25. The number of hydrogen-bond acceptors (Lipinski definition) is 2. The van der Waals surface area contributed by atoms with Crippen LogP contribution in [0, 0.1) is 11.7 Å². The maximum absolute atomic E-state index is 13.0. The van der Waals surface area contributed by atoms with Crippen molar-refractivity contribution in [1.82, 2.24) is 4.90 Å². The van der Waals surface area contributed by atoms with E-state index in [0.29, 0.717) is 13.0 Å². The SMILES string of the molecule is CC(O)C1CCCN(C(=O)C/C=C/c2cccc(F)c2)C1. The third-order valence-electron chi connectivity index (χ3n) is 3.94. The first-order valence-electron chi connectivity index (χ1n) is 7.44. The van der Waals surface area contributed by atoms with Gasteiger partial charge in [0.2, 0.25) is 5.91 Å². The van der Waals surface area contributed by atoms with Gasteiger partial charge in [0.05, 0.1) is 6.10 Å². The molecule has 0 aliphatic carbocycles. The standard InChI is InChI=1S/C17H22FNO2/c1-13(20)15-7-4-10-19(12-15)17(21)9-3-6-14-5-2-8-16(18)11-14/h2-3,5-6,8,11,13,15,20H,4,7,9-10,12H2,1H3/b6-3+. The van der Waals surface area contributed by atoms with Crippen molar-refractivity contribution in [2.45, 2.75) is 32.3 Å². The number of aliphatic hydroxyl groups is 1. The number of carbonyl (C=O) groups is 1. The predicted octanol–water partition coefficient (Wildman–Crippen LogP) is 2.85. The normalized spacial score (nSPS) is 20.7. The van der Waals surface area contributed by atoms with E-state index in [2.05, 4.69) is 0 Å². The number of benzene rings is 1. The number of amides is 1. The zero-order valence-electron chi connectivity index (χ0n) is 12.3. The highest BCUT2D eigenvalue weighted by atomic mass is 19.1. The van der Waals surface area contributed by atoms with Crippen molar-refractivity contribution < 1.29 is 14.3 Å². The summed E-state index contributed by atoms with van der Waals surface area (Å²) >= 11 is 0. The number of piperidine rings is 1. The molecular formula is C17H22FNO2. The molecule has 4 heteroatoms. The van der Waals surface area contributed by atoms with Gasteiger partial charge in [-0.3, -0.25) is 4.79 Å². The first kappa shape index (κ1) is 15.7. The molecule has 114 valence electrons. The van der Waals surface area contributed by atoms with E-state index in [1.54, 1.807) is 31.2 Å². The van der Waals surface area contributed by atoms with Crippen molar-refractivity contribution >= 4 is 12.0 Å². The van der Waals surface area contributed by atoms with Crippen molar-refractivity contribution in [2.24, 2.45) is 5.92 Å². The van der Waals surface area contributed by atoms with Gasteiger partial charge in [0.25, 0.3) is 0 Å². The van der Waals surface area contributed by atoms with E-state index in [9.17, 15) is 14.3 Å². The lowest BCUT2D eigenvalue weighted by Gasteiger charge is -2.34. The van der Waals surface area contributed by atoms with Crippen molar-refractivity contribution in [1.29, 1.82) is 0 Å². The van der Waals surface area contributed by atoms with E-state index in [0.717, 1.165) is 24.9 Å². The first-order chi connectivity index (χ1) is 10.1. The highest BCUT2D eigenvalue weighted by Crippen LogP contribution is 2.20. The second-order valence-electron chi connectivity index (χ2n) is 5.64. The van der Waals surface area contributed by atoms with Crippen molar-refractivity contribution in [3.8, 4) is 0 Å². The first-order valence-corrected chi connectivity index (χ1v) is 7.44. The second kappa shape index (κ2) is 7.36. The van der Waals surface area contributed by atoms with Crippen LogP contribution in [0.2, 0.25) is 0 Å². The van der Waals surface area contributed by atoms with Gasteiger partial charge in [-0.2, -0.15) is 0 Å². The van der Waals surface area contributed by atoms with E-state index in [4.69, 9.17) is 0 Å². The van der Waals surface area contributed by atoms with Crippen molar-refractivity contribution in [3.05, 3.63) is 41.7 Å². The molecule has 0 spiro atoms. The Kier molecular flexibility index (Phi) is 5.51. The zero-order chi connectivity index (χ0) is 15.2. The molecule has 1 fully saturated rings. The average molecular weight is 291 g/mol. The Morgan fingerprint density at radius 3 is 3.10 bits per heavy atom. The fourth-order valence-corrected chi connectivity index (χ4v) is 2.67. The Balaban J connectivity index is 1.86. The second-order valence-corrected chi connectivity index (χ2v) is 5.64. The molecule has 1 aliphatic heterocycles. The molecule has 0 bridgehead atoms. The van der Waals surface area contributed by atoms with Gasteiger partial charge in [-0.25, -0.2) is 4.39 Å². The molecule has 3 nitrogen and oxygen atoms in total. The minimum absolute atomic E-state index is 0.0630. The summed E-state index contributed by atoms with van der Waals surface area (Å²) < 4.78 is 13.0. The Morgan fingerprint density at radius 1 is 1.57 bits per heavy atom. The van der Waals surface area contributed by atoms with Crippen molar-refractivity contribution in [3.63, 3.8) is 0 Å². The smallest absolute Gasteiger partial charge is 0.226 e. The van der Waals surface area contributed by atoms with Gasteiger partial charge in [0, 0.05) is 25.4 Å². The number of carbonyl (C=O) groups excluding carboxylic acids is 1. The van der Waals surface area contributed by atoms with Crippen LogP contribution in [0.25, 0.3) is 6.08 Å². The van der Waals surface area contributed by atoms with E-state index in [1.807, 2.05) is 4.90 Å². The lowest BCUT2D eigenvalue weighted by Crippen LogP contribution is -2.42. The van der Waals surface area contributed by atoms with Crippen LogP contribution < -0.4 is 0 Å². The summed E-state index contributed by atoms with van der Waals surface area (Å²) in [5, 5.41) is 9.64. The Morgan fingerprint density at radius 2 is 2.38 bits per heavy atom. The molecule has 0 aromatic heterocycles. The molecule has 1 aromatic carbocycles. The number of aliphatic hydroxyl groups excluding tert-OH is 1. The third-order valence-corrected chi connectivity index (χ3v) is 3.94. The minimum Gasteiger partial charge on any atom is -0.393 e. The largest absolute Gasteiger partial charge is 0.393 e. The fourth-order valence-electron chi connectivity index (χ4n) is 2.67. The molecule has 1 aliphatic rings. The van der Waals surface area contributed by atoms with Crippen molar-refractivity contribution in [2.75, 3.05) is 13.1 Å². The van der Waals surface area contributed by atoms with Gasteiger partial charge in [-0.15, -0.1) is 0 Å². The number of rotatable bonds is 4. The Labute approximate surface area is 125 Å². The van der Waals surface area contributed by atoms with Crippen LogP contribution in [0.15, 0.2) is 30.3 Å². The quantitative estimate of drug-likeness (QED) is 0.926. The van der Waals surface area contributed by atoms with Gasteiger partial charge in [0.15, 0.2) is 0 Å².